The van der Waals surface area contributed by atoms with Crippen LogP contribution in [0.3, 0.4) is 0 Å². The molecule has 2 unspecified atom stereocenters. The molecule has 23 heteroatoms. The van der Waals surface area contributed by atoms with Crippen molar-refractivity contribution in [2.75, 3.05) is 12.3 Å². The first-order valence-corrected chi connectivity index (χ1v) is 13.0. The van der Waals surface area contributed by atoms with Crippen LogP contribution < -0.4 is 5.73 Å². The van der Waals surface area contributed by atoms with Crippen LogP contribution in [0.1, 0.15) is 6.23 Å². The first kappa shape index (κ1) is 27.6. The second-order valence-corrected chi connectivity index (χ2v) is 11.1. The van der Waals surface area contributed by atoms with Crippen LogP contribution in [-0.2, 0) is 31.6 Å². The lowest BCUT2D eigenvalue weighted by atomic mass is 9.94. The fourth-order valence-corrected chi connectivity index (χ4v) is 5.92. The molecule has 0 spiro atoms. The first-order valence-electron chi connectivity index (χ1n) is 8.51. The highest BCUT2D eigenvalue weighted by atomic mass is 31.3. The molecule has 0 radical (unpaired) electrons. The molecule has 0 saturated carbocycles. The Labute approximate surface area is 191 Å². The van der Waals surface area contributed by atoms with Crippen LogP contribution in [0.25, 0.3) is 11.2 Å². The van der Waals surface area contributed by atoms with Crippen LogP contribution in [0.15, 0.2) is 6.33 Å². The molecule has 2 aromatic rings. The Morgan fingerprint density at radius 3 is 2.43 bits per heavy atom. The molecule has 1 fully saturated rings. The number of terminal acetylenes is 1. The normalized spacial score (nSPS) is 30.6. The summed E-state index contributed by atoms with van der Waals surface area (Å²) in [4.78, 5) is 46.0. The summed E-state index contributed by atoms with van der Waals surface area (Å²) >= 11 is 0. The van der Waals surface area contributed by atoms with Crippen LogP contribution in [0.5, 0.6) is 0 Å². The number of imidazole rings is 1. The molecule has 1 aliphatic rings. The van der Waals surface area contributed by atoms with E-state index in [2.05, 4.69) is 28.1 Å². The Morgan fingerprint density at radius 2 is 1.86 bits per heavy atom. The SMILES string of the molecule is C#C[C@]1(O)[C@H](n2cnc3c(N)nc(F)nc32)O[C@](F)(COP(=O)(O)OP(=O)(O)OP(=O)(O)O)[C@H]1O. The standard InChI is InChI=1S/C12H14F2N5O13P3/c1-2-11(21)8(20)12(14,3-29-34(25,26)32-35(27,28)31-33(22,23)24)30-9(11)19-4-16-5-6(15)17-10(13)18-7(5)19/h1,4,8-9,20-21H,3H2,(H,25,26)(H,27,28)(H2,15,17,18)(H2,22,23,24)/t8-,9+,11+,12+/m0/s1. The lowest BCUT2D eigenvalue weighted by molar-refractivity contribution is -0.203. The number of hydrogen-bond acceptors (Lipinski definition) is 13. The number of ether oxygens (including phenoxy) is 1. The maximum absolute atomic E-state index is 15.4. The Balaban J connectivity index is 1.89. The predicted octanol–water partition coefficient (Wildman–Crippen LogP) is -1.19. The third-order valence-electron chi connectivity index (χ3n) is 4.25. The largest absolute Gasteiger partial charge is 0.490 e. The molecule has 194 valence electrons. The lowest BCUT2D eigenvalue weighted by Crippen LogP contribution is -2.50. The van der Waals surface area contributed by atoms with Gasteiger partial charge in [0.2, 0.25) is 5.60 Å². The van der Waals surface area contributed by atoms with Crippen molar-refractivity contribution in [3.63, 3.8) is 0 Å². The van der Waals surface area contributed by atoms with Crippen molar-refractivity contribution in [3.05, 3.63) is 12.4 Å². The minimum absolute atomic E-state index is 0.242. The number of aliphatic hydroxyl groups is 2. The highest BCUT2D eigenvalue weighted by Gasteiger charge is 2.66. The number of hydrogen-bond donors (Lipinski definition) is 7. The second-order valence-electron chi connectivity index (χ2n) is 6.69. The molecule has 8 N–H and O–H groups in total. The number of phosphoric acid groups is 3. The van der Waals surface area contributed by atoms with Crippen molar-refractivity contribution in [3.8, 4) is 12.3 Å². The van der Waals surface area contributed by atoms with Gasteiger partial charge in [0.05, 0.1) is 6.33 Å². The number of halogens is 2. The Hall–Kier alpha value is -1.94. The summed E-state index contributed by atoms with van der Waals surface area (Å²) in [5.41, 5.74) is 1.80. The third-order valence-corrected chi connectivity index (χ3v) is 8.04. The average molecular weight is 567 g/mol. The van der Waals surface area contributed by atoms with Crippen molar-refractivity contribution in [1.82, 2.24) is 19.5 Å². The highest BCUT2D eigenvalue weighted by Crippen LogP contribution is 2.66. The van der Waals surface area contributed by atoms with E-state index in [4.69, 9.17) is 31.6 Å². The summed E-state index contributed by atoms with van der Waals surface area (Å²) in [6.45, 7) is -1.84. The fourth-order valence-electron chi connectivity index (χ4n) is 2.89. The number of aliphatic hydroxyl groups excluding tert-OH is 1. The molecule has 1 aliphatic heterocycles. The third kappa shape index (κ3) is 5.58. The molecule has 3 rings (SSSR count). The topological polar surface area (TPSA) is 279 Å². The fraction of sp³-hybridized carbons (Fsp3) is 0.417. The minimum Gasteiger partial charge on any atom is -0.383 e. The minimum atomic E-state index is -5.94. The molecule has 1 saturated heterocycles. The summed E-state index contributed by atoms with van der Waals surface area (Å²) in [6, 6.07) is 0. The molecular weight excluding hydrogens is 553 g/mol. The smallest absolute Gasteiger partial charge is 0.383 e. The van der Waals surface area contributed by atoms with E-state index in [1.54, 1.807) is 5.92 Å². The van der Waals surface area contributed by atoms with E-state index in [1.165, 1.54) is 0 Å². The average Bonchev–Trinajstić information content (AvgIpc) is 3.18. The summed E-state index contributed by atoms with van der Waals surface area (Å²) in [7, 11) is -17.5. The molecular formula is C12H14F2N5O13P3. The lowest BCUT2D eigenvalue weighted by Gasteiger charge is -2.26. The quantitative estimate of drug-likeness (QED) is 0.112. The zero-order valence-electron chi connectivity index (χ0n) is 16.5. The van der Waals surface area contributed by atoms with Crippen LogP contribution >= 0.6 is 23.5 Å². The van der Waals surface area contributed by atoms with Gasteiger partial charge in [0.25, 0.3) is 5.85 Å². The zero-order valence-corrected chi connectivity index (χ0v) is 19.2. The van der Waals surface area contributed by atoms with Gasteiger partial charge in [-0.15, -0.1) is 6.42 Å². The van der Waals surface area contributed by atoms with E-state index in [0.717, 1.165) is 6.33 Å². The van der Waals surface area contributed by atoms with Gasteiger partial charge in [-0.2, -0.15) is 23.0 Å². The van der Waals surface area contributed by atoms with Gasteiger partial charge in [-0.1, -0.05) is 5.92 Å². The van der Waals surface area contributed by atoms with Crippen LogP contribution in [0.4, 0.5) is 14.6 Å². The number of nitrogen functional groups attached to an aromatic ring is 1. The number of nitrogens with zero attached hydrogens (tertiary/aromatic N) is 4. The molecule has 18 nitrogen and oxygen atoms in total. The van der Waals surface area contributed by atoms with E-state index in [1.807, 2.05) is 0 Å². The molecule has 0 amide bonds. The zero-order chi connectivity index (χ0) is 26.6. The maximum atomic E-state index is 15.4. The van der Waals surface area contributed by atoms with E-state index in [-0.39, 0.29) is 5.52 Å². The van der Waals surface area contributed by atoms with Gasteiger partial charge in [0.1, 0.15) is 6.61 Å². The maximum Gasteiger partial charge on any atom is 0.490 e. The van der Waals surface area contributed by atoms with E-state index in [9.17, 15) is 33.2 Å². The van der Waals surface area contributed by atoms with Crippen LogP contribution in [0.2, 0.25) is 0 Å². The molecule has 6 atom stereocenters. The molecule has 0 aromatic carbocycles. The Bertz CT molecular complexity index is 1350. The monoisotopic (exact) mass is 567 g/mol. The molecule has 0 bridgehead atoms. The summed E-state index contributed by atoms with van der Waals surface area (Å²) in [5.74, 6) is -2.47. The van der Waals surface area contributed by atoms with Crippen molar-refractivity contribution in [2.24, 2.45) is 0 Å². The summed E-state index contributed by atoms with van der Waals surface area (Å²) in [6.07, 6.45) is -0.260. The number of anilines is 1. The van der Waals surface area contributed by atoms with Gasteiger partial charge in [0, 0.05) is 0 Å². The number of aromatic nitrogens is 4. The van der Waals surface area contributed by atoms with Crippen molar-refractivity contribution < 1.29 is 70.1 Å². The van der Waals surface area contributed by atoms with Gasteiger partial charge in [-0.25, -0.2) is 23.1 Å². The number of rotatable bonds is 8. The first-order chi connectivity index (χ1) is 15.8. The van der Waals surface area contributed by atoms with Crippen molar-refractivity contribution in [1.29, 1.82) is 0 Å². The van der Waals surface area contributed by atoms with Gasteiger partial charge in [-0.3, -0.25) is 9.09 Å². The van der Waals surface area contributed by atoms with Gasteiger partial charge in [0.15, 0.2) is 29.3 Å². The molecule has 35 heavy (non-hydrogen) atoms. The second kappa shape index (κ2) is 8.87. The number of nitrogens with two attached hydrogens (primary N) is 1. The van der Waals surface area contributed by atoms with Crippen molar-refractivity contribution >= 4 is 40.4 Å². The van der Waals surface area contributed by atoms with Gasteiger partial charge < -0.3 is 40.3 Å². The summed E-state index contributed by atoms with van der Waals surface area (Å²) < 4.78 is 79.5. The van der Waals surface area contributed by atoms with E-state index < -0.39 is 71.4 Å². The van der Waals surface area contributed by atoms with Gasteiger partial charge >= 0.3 is 29.5 Å². The number of fused-ring (bicyclic) bond motifs is 1. The molecule has 3 heterocycles. The number of phosphoric ester groups is 1. The van der Waals surface area contributed by atoms with Gasteiger partial charge in [-0.05, 0) is 0 Å². The Morgan fingerprint density at radius 1 is 1.23 bits per heavy atom. The Kier molecular flexibility index (Phi) is 7.00. The van der Waals surface area contributed by atoms with Crippen LogP contribution in [0, 0.1) is 18.4 Å². The number of alkyl halides is 1. The van der Waals surface area contributed by atoms with Crippen LogP contribution in [-0.4, -0.2) is 73.5 Å². The molecule has 2 aromatic heterocycles. The van der Waals surface area contributed by atoms with E-state index in [0.29, 0.717) is 4.57 Å². The molecule has 0 aliphatic carbocycles. The van der Waals surface area contributed by atoms with Crippen molar-refractivity contribution in [2.45, 2.75) is 23.8 Å². The van der Waals surface area contributed by atoms with E-state index >= 15 is 4.39 Å². The predicted molar refractivity (Wildman–Crippen MR) is 103 cm³/mol. The summed E-state index contributed by atoms with van der Waals surface area (Å²) in [5, 5.41) is 21.0. The highest BCUT2D eigenvalue weighted by molar-refractivity contribution is 7.66.